The number of thiazole rings is 1. The maximum absolute atomic E-state index is 10.5. The quantitative estimate of drug-likeness (QED) is 0.676. The molecule has 98 valence electrons. The topological polar surface area (TPSA) is 24.1 Å². The molecule has 0 fully saturated rings. The molecule has 2 heterocycles. The van der Waals surface area contributed by atoms with Gasteiger partial charge in [0.25, 0.3) is 5.01 Å². The van der Waals surface area contributed by atoms with Crippen LogP contribution in [0.25, 0.3) is 21.0 Å². The Hall–Kier alpha value is -2.13. The SMILES string of the molecule is Oc1c(-c2ccccc2)sc2[n+]1CCc1ccccc1-2. The number of aromatic hydroxyl groups is 1. The fourth-order valence-corrected chi connectivity index (χ4v) is 4.03. The molecule has 2 aromatic carbocycles. The predicted molar refractivity (Wildman–Crippen MR) is 80.8 cm³/mol. The molecule has 0 spiro atoms. The molecule has 0 aliphatic carbocycles. The monoisotopic (exact) mass is 280 g/mol. The predicted octanol–water partition coefficient (Wildman–Crippen LogP) is 3.63. The van der Waals surface area contributed by atoms with Crippen LogP contribution in [0.3, 0.4) is 0 Å². The highest BCUT2D eigenvalue weighted by Crippen LogP contribution is 2.40. The minimum Gasteiger partial charge on any atom is -0.459 e. The first-order valence-electron chi connectivity index (χ1n) is 6.74. The van der Waals surface area contributed by atoms with Crippen LogP contribution in [0.4, 0.5) is 0 Å². The standard InChI is InChI=1S/C17H13NOS/c19-16-15(13-7-2-1-3-8-13)20-17-14-9-5-4-6-12(14)10-11-18(16)17/h1-9H,10-11H2/p+1. The maximum atomic E-state index is 10.5. The largest absolute Gasteiger partial charge is 0.459 e. The summed E-state index contributed by atoms with van der Waals surface area (Å²) < 4.78 is 2.04. The van der Waals surface area contributed by atoms with Gasteiger partial charge in [0.1, 0.15) is 0 Å². The van der Waals surface area contributed by atoms with Crippen LogP contribution in [0.5, 0.6) is 5.88 Å². The molecule has 1 aliphatic heterocycles. The van der Waals surface area contributed by atoms with Crippen molar-refractivity contribution in [3.63, 3.8) is 0 Å². The molecule has 2 nitrogen and oxygen atoms in total. The lowest BCUT2D eigenvalue weighted by atomic mass is 10.0. The second-order valence-electron chi connectivity index (χ2n) is 4.98. The van der Waals surface area contributed by atoms with Crippen molar-refractivity contribution in [3.05, 3.63) is 60.2 Å². The number of hydrogen-bond acceptors (Lipinski definition) is 2. The lowest BCUT2D eigenvalue weighted by Gasteiger charge is -2.10. The summed E-state index contributed by atoms with van der Waals surface area (Å²) >= 11 is 1.67. The summed E-state index contributed by atoms with van der Waals surface area (Å²) in [4.78, 5) is 0.956. The number of benzene rings is 2. The molecule has 0 bridgehead atoms. The normalized spacial score (nSPS) is 12.8. The van der Waals surface area contributed by atoms with Gasteiger partial charge in [0, 0.05) is 12.0 Å². The summed E-state index contributed by atoms with van der Waals surface area (Å²) in [6.45, 7) is 0.849. The molecule has 0 saturated heterocycles. The Kier molecular flexibility index (Phi) is 2.60. The Bertz CT molecular complexity index is 777. The zero-order chi connectivity index (χ0) is 13.5. The van der Waals surface area contributed by atoms with Crippen molar-refractivity contribution in [2.45, 2.75) is 13.0 Å². The van der Waals surface area contributed by atoms with E-state index in [9.17, 15) is 5.11 Å². The zero-order valence-corrected chi connectivity index (χ0v) is 11.7. The third-order valence-corrected chi connectivity index (χ3v) is 5.05. The molecular weight excluding hydrogens is 266 g/mol. The van der Waals surface area contributed by atoms with Crippen LogP contribution in [-0.4, -0.2) is 5.11 Å². The average molecular weight is 280 g/mol. The second-order valence-corrected chi connectivity index (χ2v) is 5.98. The molecule has 1 aliphatic rings. The lowest BCUT2D eigenvalue weighted by Crippen LogP contribution is -2.37. The van der Waals surface area contributed by atoms with Crippen molar-refractivity contribution in [2.24, 2.45) is 0 Å². The van der Waals surface area contributed by atoms with Crippen LogP contribution in [0.15, 0.2) is 54.6 Å². The van der Waals surface area contributed by atoms with Gasteiger partial charge in [0.2, 0.25) is 0 Å². The third kappa shape index (κ3) is 1.67. The smallest absolute Gasteiger partial charge is 0.385 e. The summed E-state index contributed by atoms with van der Waals surface area (Å²) in [7, 11) is 0. The Morgan fingerprint density at radius 2 is 1.70 bits per heavy atom. The molecule has 0 unspecified atom stereocenters. The van der Waals surface area contributed by atoms with E-state index in [0.29, 0.717) is 5.88 Å². The second kappa shape index (κ2) is 4.46. The van der Waals surface area contributed by atoms with Crippen LogP contribution in [-0.2, 0) is 13.0 Å². The van der Waals surface area contributed by atoms with Gasteiger partial charge in [-0.25, -0.2) is 0 Å². The van der Waals surface area contributed by atoms with E-state index in [1.165, 1.54) is 11.1 Å². The number of aromatic nitrogens is 1. The molecule has 4 rings (SSSR count). The zero-order valence-electron chi connectivity index (χ0n) is 10.9. The fourth-order valence-electron chi connectivity index (χ4n) is 2.78. The van der Waals surface area contributed by atoms with Gasteiger partial charge in [0.15, 0.2) is 11.4 Å². The van der Waals surface area contributed by atoms with Gasteiger partial charge in [0.05, 0.1) is 5.56 Å². The number of fused-ring (bicyclic) bond motifs is 3. The molecule has 1 N–H and O–H groups in total. The van der Waals surface area contributed by atoms with E-state index in [0.717, 1.165) is 28.4 Å². The Balaban J connectivity index is 1.94. The number of nitrogens with zero attached hydrogens (tertiary/aromatic N) is 1. The Morgan fingerprint density at radius 1 is 0.950 bits per heavy atom. The molecule has 0 saturated carbocycles. The summed E-state index contributed by atoms with van der Waals surface area (Å²) in [5.41, 5.74) is 3.70. The summed E-state index contributed by atoms with van der Waals surface area (Å²) in [6.07, 6.45) is 0.979. The highest BCUT2D eigenvalue weighted by molar-refractivity contribution is 7.18. The molecular formula is C17H14NOS+. The van der Waals surface area contributed by atoms with E-state index >= 15 is 0 Å². The molecule has 1 aromatic heterocycles. The minimum atomic E-state index is 0.394. The highest BCUT2D eigenvalue weighted by atomic mass is 32.1. The van der Waals surface area contributed by atoms with Gasteiger partial charge >= 0.3 is 5.88 Å². The molecule has 0 radical (unpaired) electrons. The summed E-state index contributed by atoms with van der Waals surface area (Å²) in [5.74, 6) is 0.394. The minimum absolute atomic E-state index is 0.394. The first kappa shape index (κ1) is 11.7. The van der Waals surface area contributed by atoms with Gasteiger partial charge in [-0.1, -0.05) is 59.9 Å². The summed E-state index contributed by atoms with van der Waals surface area (Å²) in [6, 6.07) is 18.6. The van der Waals surface area contributed by atoms with Gasteiger partial charge in [-0.05, 0) is 11.6 Å². The average Bonchev–Trinajstić information content (AvgIpc) is 2.86. The number of aryl methyl sites for hydroxylation is 1. The third-order valence-electron chi connectivity index (χ3n) is 3.79. The maximum Gasteiger partial charge on any atom is 0.385 e. The first-order chi connectivity index (χ1) is 9.84. The van der Waals surface area contributed by atoms with Crippen LogP contribution < -0.4 is 4.57 Å². The van der Waals surface area contributed by atoms with Crippen LogP contribution >= 0.6 is 11.3 Å². The van der Waals surface area contributed by atoms with E-state index in [4.69, 9.17) is 0 Å². The van der Waals surface area contributed by atoms with Gasteiger partial charge in [-0.2, -0.15) is 0 Å². The Labute approximate surface area is 121 Å². The van der Waals surface area contributed by atoms with Crippen molar-refractivity contribution in [1.82, 2.24) is 0 Å². The number of hydrogen-bond donors (Lipinski definition) is 1. The molecule has 3 heteroatoms. The van der Waals surface area contributed by atoms with Crippen LogP contribution in [0.1, 0.15) is 5.56 Å². The highest BCUT2D eigenvalue weighted by Gasteiger charge is 2.32. The van der Waals surface area contributed by atoms with E-state index in [-0.39, 0.29) is 0 Å². The van der Waals surface area contributed by atoms with Crippen molar-refractivity contribution >= 4 is 11.3 Å². The van der Waals surface area contributed by atoms with E-state index in [2.05, 4.69) is 24.3 Å². The summed E-state index contributed by atoms with van der Waals surface area (Å²) in [5, 5.41) is 11.7. The molecule has 0 amide bonds. The van der Waals surface area contributed by atoms with Crippen molar-refractivity contribution < 1.29 is 9.67 Å². The van der Waals surface area contributed by atoms with E-state index in [1.807, 2.05) is 34.9 Å². The molecule has 0 atom stereocenters. The van der Waals surface area contributed by atoms with E-state index < -0.39 is 0 Å². The molecule has 3 aromatic rings. The van der Waals surface area contributed by atoms with Crippen molar-refractivity contribution in [3.8, 4) is 26.9 Å². The van der Waals surface area contributed by atoms with Gasteiger partial charge < -0.3 is 5.11 Å². The lowest BCUT2D eigenvalue weighted by molar-refractivity contribution is -0.688. The van der Waals surface area contributed by atoms with Gasteiger partial charge in [-0.3, -0.25) is 0 Å². The van der Waals surface area contributed by atoms with E-state index in [1.54, 1.807) is 11.3 Å². The van der Waals surface area contributed by atoms with Crippen LogP contribution in [0, 0.1) is 0 Å². The van der Waals surface area contributed by atoms with Crippen LogP contribution in [0.2, 0.25) is 0 Å². The van der Waals surface area contributed by atoms with Crippen molar-refractivity contribution in [1.29, 1.82) is 0 Å². The van der Waals surface area contributed by atoms with Crippen molar-refractivity contribution in [2.75, 3.05) is 0 Å². The first-order valence-corrected chi connectivity index (χ1v) is 7.55. The molecule has 20 heavy (non-hydrogen) atoms. The van der Waals surface area contributed by atoms with Gasteiger partial charge in [-0.15, -0.1) is 4.57 Å². The Morgan fingerprint density at radius 3 is 2.55 bits per heavy atom. The fraction of sp³-hybridized carbons (Fsp3) is 0.118. The number of rotatable bonds is 1.